The van der Waals surface area contributed by atoms with Crippen molar-refractivity contribution >= 4 is 23.4 Å². The first-order valence-electron chi connectivity index (χ1n) is 7.11. The van der Waals surface area contributed by atoms with Gasteiger partial charge in [0, 0.05) is 33.0 Å². The third kappa shape index (κ3) is 4.29. The molecule has 0 saturated carbocycles. The van der Waals surface area contributed by atoms with E-state index in [0.717, 1.165) is 5.69 Å². The first-order valence-corrected chi connectivity index (χ1v) is 7.11. The Bertz CT molecular complexity index is 686. The molecular formula is C17H19N3O3. The molecule has 0 aliphatic heterocycles. The summed E-state index contributed by atoms with van der Waals surface area (Å²) in [5, 5.41) is 0. The molecule has 0 bridgehead atoms. The number of hydrogen-bond acceptors (Lipinski definition) is 5. The molecular weight excluding hydrogens is 294 g/mol. The molecule has 0 radical (unpaired) electrons. The zero-order valence-electron chi connectivity index (χ0n) is 13.4. The first kappa shape index (κ1) is 16.5. The number of amides is 1. The number of hydrogen-bond donors (Lipinski definition) is 0. The van der Waals surface area contributed by atoms with Crippen molar-refractivity contribution in [3.8, 4) is 0 Å². The molecule has 0 spiro atoms. The molecule has 1 heterocycles. The van der Waals surface area contributed by atoms with Gasteiger partial charge in [-0.2, -0.15) is 0 Å². The topological polar surface area (TPSA) is 62.7 Å². The second-order valence-corrected chi connectivity index (χ2v) is 5.16. The summed E-state index contributed by atoms with van der Waals surface area (Å²) in [7, 11) is 5.30. The van der Waals surface area contributed by atoms with E-state index < -0.39 is 5.97 Å². The molecule has 2 rings (SSSR count). The monoisotopic (exact) mass is 313 g/mol. The minimum atomic E-state index is -0.551. The molecule has 1 amide bonds. The van der Waals surface area contributed by atoms with E-state index in [1.54, 1.807) is 24.1 Å². The van der Waals surface area contributed by atoms with Crippen LogP contribution in [0.15, 0.2) is 48.7 Å². The number of aromatic nitrogens is 1. The number of nitrogens with zero attached hydrogens (tertiary/aromatic N) is 3. The van der Waals surface area contributed by atoms with Crippen LogP contribution in [0.3, 0.4) is 0 Å². The highest BCUT2D eigenvalue weighted by molar-refractivity contribution is 5.96. The lowest BCUT2D eigenvalue weighted by molar-refractivity contribution is -0.121. The normalized spacial score (nSPS) is 10.0. The van der Waals surface area contributed by atoms with Crippen LogP contribution in [-0.4, -0.2) is 44.6 Å². The molecule has 6 heteroatoms. The molecule has 0 fully saturated rings. The van der Waals surface area contributed by atoms with Crippen molar-refractivity contribution in [2.24, 2.45) is 0 Å². The number of anilines is 2. The smallest absolute Gasteiger partial charge is 0.338 e. The summed E-state index contributed by atoms with van der Waals surface area (Å²) in [6.45, 7) is -0.316. The average Bonchev–Trinajstić information content (AvgIpc) is 2.59. The van der Waals surface area contributed by atoms with Gasteiger partial charge in [-0.15, -0.1) is 0 Å². The van der Waals surface area contributed by atoms with Crippen molar-refractivity contribution in [1.82, 2.24) is 4.98 Å². The van der Waals surface area contributed by atoms with Gasteiger partial charge in [-0.1, -0.05) is 18.2 Å². The van der Waals surface area contributed by atoms with Gasteiger partial charge in [-0.3, -0.25) is 4.79 Å². The molecule has 23 heavy (non-hydrogen) atoms. The van der Waals surface area contributed by atoms with Crippen LogP contribution in [0.1, 0.15) is 10.4 Å². The molecule has 0 unspecified atom stereocenters. The number of pyridine rings is 1. The van der Waals surface area contributed by atoms with Gasteiger partial charge in [0.25, 0.3) is 5.91 Å². The van der Waals surface area contributed by atoms with Crippen LogP contribution < -0.4 is 9.80 Å². The van der Waals surface area contributed by atoms with Crippen LogP contribution >= 0.6 is 0 Å². The van der Waals surface area contributed by atoms with Crippen LogP contribution in [0.4, 0.5) is 11.5 Å². The minimum Gasteiger partial charge on any atom is -0.452 e. The van der Waals surface area contributed by atoms with Crippen molar-refractivity contribution in [2.45, 2.75) is 0 Å². The third-order valence-corrected chi connectivity index (χ3v) is 3.28. The Labute approximate surface area is 135 Å². The quantitative estimate of drug-likeness (QED) is 0.790. The van der Waals surface area contributed by atoms with Crippen molar-refractivity contribution in [2.75, 3.05) is 37.5 Å². The number of para-hydroxylation sites is 1. The van der Waals surface area contributed by atoms with E-state index >= 15 is 0 Å². The molecule has 120 valence electrons. The van der Waals surface area contributed by atoms with E-state index in [1.807, 2.05) is 44.4 Å². The standard InChI is InChI=1S/C17H19N3O3/c1-19(2)15-11-13(9-10-18-15)17(22)23-12-16(21)20(3)14-7-5-4-6-8-14/h4-11H,12H2,1-3H3. The molecule has 0 atom stereocenters. The molecule has 0 aliphatic rings. The fourth-order valence-corrected chi connectivity index (χ4v) is 1.89. The molecule has 1 aromatic heterocycles. The number of rotatable bonds is 5. The molecule has 1 aromatic carbocycles. The van der Waals surface area contributed by atoms with Gasteiger partial charge in [-0.05, 0) is 24.3 Å². The summed E-state index contributed by atoms with van der Waals surface area (Å²) in [6.07, 6.45) is 1.53. The largest absolute Gasteiger partial charge is 0.452 e. The van der Waals surface area contributed by atoms with E-state index in [2.05, 4.69) is 4.98 Å². The molecule has 2 aromatic rings. The summed E-state index contributed by atoms with van der Waals surface area (Å²) in [5.74, 6) is -0.205. The van der Waals surface area contributed by atoms with Crippen LogP contribution in [-0.2, 0) is 9.53 Å². The predicted octanol–water partition coefficient (Wildman–Crippen LogP) is 1.97. The SMILES string of the molecule is CN(C)c1cc(C(=O)OCC(=O)N(C)c2ccccc2)ccn1. The summed E-state index contributed by atoms with van der Waals surface area (Å²) in [6, 6.07) is 12.3. The lowest BCUT2D eigenvalue weighted by atomic mass is 10.2. The van der Waals surface area contributed by atoms with Crippen LogP contribution in [0.25, 0.3) is 0 Å². The maximum Gasteiger partial charge on any atom is 0.338 e. The zero-order chi connectivity index (χ0) is 16.8. The lowest BCUT2D eigenvalue weighted by Gasteiger charge is -2.17. The number of ether oxygens (including phenoxy) is 1. The maximum atomic E-state index is 12.1. The number of carbonyl (C=O) groups is 2. The fraction of sp³-hybridized carbons (Fsp3) is 0.235. The van der Waals surface area contributed by atoms with Crippen molar-refractivity contribution in [3.05, 3.63) is 54.2 Å². The van der Waals surface area contributed by atoms with E-state index in [1.165, 1.54) is 11.1 Å². The van der Waals surface area contributed by atoms with Crippen LogP contribution in [0, 0.1) is 0 Å². The van der Waals surface area contributed by atoms with E-state index in [9.17, 15) is 9.59 Å². The number of esters is 1. The van der Waals surface area contributed by atoms with Gasteiger partial charge in [0.2, 0.25) is 0 Å². The Morgan fingerprint density at radius 3 is 2.43 bits per heavy atom. The highest BCUT2D eigenvalue weighted by Crippen LogP contribution is 2.13. The summed E-state index contributed by atoms with van der Waals surface area (Å²) in [5.41, 5.74) is 1.10. The Morgan fingerprint density at radius 2 is 1.78 bits per heavy atom. The van der Waals surface area contributed by atoms with Crippen molar-refractivity contribution in [3.63, 3.8) is 0 Å². The zero-order valence-corrected chi connectivity index (χ0v) is 13.4. The number of benzene rings is 1. The second-order valence-electron chi connectivity index (χ2n) is 5.16. The Morgan fingerprint density at radius 1 is 1.09 bits per heavy atom. The Balaban J connectivity index is 1.96. The summed E-state index contributed by atoms with van der Waals surface area (Å²) < 4.78 is 5.09. The number of carbonyl (C=O) groups excluding carboxylic acids is 2. The summed E-state index contributed by atoms with van der Waals surface area (Å²) in [4.78, 5) is 31.5. The van der Waals surface area contributed by atoms with Gasteiger partial charge in [0.1, 0.15) is 5.82 Å². The van der Waals surface area contributed by atoms with Crippen LogP contribution in [0.2, 0.25) is 0 Å². The van der Waals surface area contributed by atoms with Crippen molar-refractivity contribution < 1.29 is 14.3 Å². The minimum absolute atomic E-state index is 0.300. The van der Waals surface area contributed by atoms with E-state index in [0.29, 0.717) is 11.4 Å². The predicted molar refractivity (Wildman–Crippen MR) is 88.7 cm³/mol. The highest BCUT2D eigenvalue weighted by atomic mass is 16.5. The van der Waals surface area contributed by atoms with Gasteiger partial charge >= 0.3 is 5.97 Å². The highest BCUT2D eigenvalue weighted by Gasteiger charge is 2.15. The van der Waals surface area contributed by atoms with Crippen molar-refractivity contribution in [1.29, 1.82) is 0 Å². The maximum absolute atomic E-state index is 12.1. The Hall–Kier alpha value is -2.89. The van der Waals surface area contributed by atoms with Gasteiger partial charge in [-0.25, -0.2) is 9.78 Å². The van der Waals surface area contributed by atoms with Gasteiger partial charge in [0.15, 0.2) is 6.61 Å². The van der Waals surface area contributed by atoms with E-state index in [-0.39, 0.29) is 12.5 Å². The number of likely N-dealkylation sites (N-methyl/N-ethyl adjacent to an activating group) is 1. The van der Waals surface area contributed by atoms with Crippen LogP contribution in [0.5, 0.6) is 0 Å². The lowest BCUT2D eigenvalue weighted by Crippen LogP contribution is -2.31. The molecule has 0 saturated heterocycles. The van der Waals surface area contributed by atoms with E-state index in [4.69, 9.17) is 4.74 Å². The Kier molecular flexibility index (Phi) is 5.30. The van der Waals surface area contributed by atoms with Gasteiger partial charge in [0.05, 0.1) is 5.56 Å². The summed E-state index contributed by atoms with van der Waals surface area (Å²) >= 11 is 0. The molecule has 0 aliphatic carbocycles. The molecule has 0 N–H and O–H groups in total. The average molecular weight is 313 g/mol. The first-order chi connectivity index (χ1) is 11.0. The fourth-order valence-electron chi connectivity index (χ4n) is 1.89. The second kappa shape index (κ2) is 7.40. The third-order valence-electron chi connectivity index (χ3n) is 3.28. The molecule has 6 nitrogen and oxygen atoms in total. The van der Waals surface area contributed by atoms with Gasteiger partial charge < -0.3 is 14.5 Å².